The number of hydrogen-bond acceptors (Lipinski definition) is 3. The van der Waals surface area contributed by atoms with Gasteiger partial charge in [-0.15, -0.1) is 24.2 Å². The molecule has 0 bridgehead atoms. The van der Waals surface area contributed by atoms with E-state index in [1.807, 2.05) is 17.0 Å². The normalized spacial score (nSPS) is 14.8. The number of nitrogens with zero attached hydrogens (tertiary/aromatic N) is 1. The van der Waals surface area contributed by atoms with Crippen LogP contribution in [0.2, 0.25) is 10.0 Å². The Morgan fingerprint density at radius 3 is 2.65 bits per heavy atom. The lowest BCUT2D eigenvalue weighted by Crippen LogP contribution is -2.47. The van der Waals surface area contributed by atoms with Gasteiger partial charge in [-0.25, -0.2) is 0 Å². The van der Waals surface area contributed by atoms with E-state index >= 15 is 0 Å². The van der Waals surface area contributed by atoms with Crippen LogP contribution < -0.4 is 5.32 Å². The summed E-state index contributed by atoms with van der Waals surface area (Å²) in [6.45, 7) is 3.39. The van der Waals surface area contributed by atoms with E-state index in [1.54, 1.807) is 17.8 Å². The van der Waals surface area contributed by atoms with E-state index in [4.69, 9.17) is 23.2 Å². The van der Waals surface area contributed by atoms with Gasteiger partial charge in [-0.3, -0.25) is 4.79 Å². The van der Waals surface area contributed by atoms with Crippen LogP contribution in [0.15, 0.2) is 18.2 Å². The van der Waals surface area contributed by atoms with Gasteiger partial charge >= 0.3 is 0 Å². The maximum atomic E-state index is 12.0. The van der Waals surface area contributed by atoms with Crippen LogP contribution in [-0.4, -0.2) is 42.7 Å². The molecule has 0 radical (unpaired) electrons. The summed E-state index contributed by atoms with van der Waals surface area (Å²) < 4.78 is 0. The molecule has 1 amide bonds. The Morgan fingerprint density at radius 1 is 1.30 bits per heavy atom. The number of thioether (sulfide) groups is 1. The van der Waals surface area contributed by atoms with Gasteiger partial charge in [-0.05, 0) is 17.7 Å². The maximum Gasteiger partial charge on any atom is 0.232 e. The molecule has 1 aliphatic rings. The lowest BCUT2D eigenvalue weighted by molar-refractivity contribution is -0.128. The molecule has 2 rings (SSSR count). The quantitative estimate of drug-likeness (QED) is 0.901. The molecule has 0 saturated carbocycles. The molecular weight excluding hydrogens is 339 g/mol. The highest BCUT2D eigenvalue weighted by molar-refractivity contribution is 7.99. The van der Waals surface area contributed by atoms with Gasteiger partial charge in [-0.1, -0.05) is 29.3 Å². The van der Waals surface area contributed by atoms with Crippen LogP contribution in [0, 0.1) is 0 Å². The molecule has 3 nitrogen and oxygen atoms in total. The molecule has 1 saturated heterocycles. The lowest BCUT2D eigenvalue weighted by atomic mass is 10.2. The molecule has 7 heteroatoms. The van der Waals surface area contributed by atoms with Crippen LogP contribution in [0.1, 0.15) is 5.56 Å². The molecule has 1 aromatic carbocycles. The largest absolute Gasteiger partial charge is 0.339 e. The molecule has 1 aromatic rings. The average molecular weight is 356 g/mol. The monoisotopic (exact) mass is 354 g/mol. The zero-order valence-electron chi connectivity index (χ0n) is 10.9. The fourth-order valence-corrected chi connectivity index (χ4v) is 3.38. The van der Waals surface area contributed by atoms with E-state index in [9.17, 15) is 4.79 Å². The van der Waals surface area contributed by atoms with Crippen molar-refractivity contribution >= 4 is 53.3 Å². The Hall–Kier alpha value is -0.130. The third-order valence-corrected chi connectivity index (χ3v) is 4.52. The molecule has 1 heterocycles. The first kappa shape index (κ1) is 17.9. The summed E-state index contributed by atoms with van der Waals surface area (Å²) in [5.41, 5.74) is 1.02. The fourth-order valence-electron chi connectivity index (χ4n) is 1.89. The minimum atomic E-state index is 0. The van der Waals surface area contributed by atoms with Crippen molar-refractivity contribution in [1.29, 1.82) is 0 Å². The summed E-state index contributed by atoms with van der Waals surface area (Å²) in [7, 11) is 0. The van der Waals surface area contributed by atoms with Crippen LogP contribution in [0.25, 0.3) is 0 Å². The molecule has 20 heavy (non-hydrogen) atoms. The van der Waals surface area contributed by atoms with Crippen LogP contribution in [0.3, 0.4) is 0 Å². The lowest BCUT2D eigenvalue weighted by Gasteiger charge is -2.27. The Bertz CT molecular complexity index is 453. The van der Waals surface area contributed by atoms with Crippen LogP contribution in [0.4, 0.5) is 0 Å². The second kappa shape index (κ2) is 9.00. The SMILES string of the molecule is Cl.O=C(CSCc1ccc(Cl)cc1Cl)N1CCNCC1. The smallest absolute Gasteiger partial charge is 0.232 e. The second-order valence-corrected chi connectivity index (χ2v) is 6.19. The van der Waals surface area contributed by atoms with E-state index in [2.05, 4.69) is 5.32 Å². The van der Waals surface area contributed by atoms with Crippen molar-refractivity contribution in [2.45, 2.75) is 5.75 Å². The van der Waals surface area contributed by atoms with E-state index < -0.39 is 0 Å². The van der Waals surface area contributed by atoms with Crippen LogP contribution >= 0.6 is 47.4 Å². The summed E-state index contributed by atoms with van der Waals surface area (Å²) in [5.74, 6) is 1.43. The van der Waals surface area contributed by atoms with E-state index in [1.165, 1.54) is 0 Å². The number of carbonyl (C=O) groups is 1. The predicted molar refractivity (Wildman–Crippen MR) is 89.3 cm³/mol. The minimum Gasteiger partial charge on any atom is -0.339 e. The van der Waals surface area contributed by atoms with E-state index in [0.29, 0.717) is 15.8 Å². The number of hydrogen-bond donors (Lipinski definition) is 1. The molecule has 0 aliphatic carbocycles. The van der Waals surface area contributed by atoms with Crippen LogP contribution in [0.5, 0.6) is 0 Å². The molecule has 0 aromatic heterocycles. The number of amides is 1. The van der Waals surface area contributed by atoms with Crippen molar-refractivity contribution in [3.63, 3.8) is 0 Å². The van der Waals surface area contributed by atoms with Gasteiger partial charge in [0.25, 0.3) is 0 Å². The van der Waals surface area contributed by atoms with Gasteiger partial charge in [-0.2, -0.15) is 0 Å². The second-order valence-electron chi connectivity index (χ2n) is 4.36. The molecule has 112 valence electrons. The van der Waals surface area contributed by atoms with Crippen molar-refractivity contribution in [2.75, 3.05) is 31.9 Å². The molecule has 0 spiro atoms. The van der Waals surface area contributed by atoms with Crippen molar-refractivity contribution in [1.82, 2.24) is 10.2 Å². The van der Waals surface area contributed by atoms with Gasteiger partial charge in [0.1, 0.15) is 0 Å². The first-order valence-electron chi connectivity index (χ1n) is 6.17. The van der Waals surface area contributed by atoms with E-state index in [0.717, 1.165) is 37.5 Å². The molecule has 1 fully saturated rings. The highest BCUT2D eigenvalue weighted by atomic mass is 35.5. The third kappa shape index (κ3) is 5.34. The summed E-state index contributed by atoms with van der Waals surface area (Å²) >= 11 is 13.5. The van der Waals surface area contributed by atoms with Gasteiger partial charge < -0.3 is 10.2 Å². The first-order valence-corrected chi connectivity index (χ1v) is 8.08. The molecular formula is C13H17Cl3N2OS. The molecule has 0 atom stereocenters. The topological polar surface area (TPSA) is 32.3 Å². The van der Waals surface area contributed by atoms with Gasteiger partial charge in [0.05, 0.1) is 5.75 Å². The number of benzene rings is 1. The Kier molecular flexibility index (Phi) is 8.07. The third-order valence-electron chi connectivity index (χ3n) is 2.97. The van der Waals surface area contributed by atoms with Gasteiger partial charge in [0.2, 0.25) is 5.91 Å². The highest BCUT2D eigenvalue weighted by Gasteiger charge is 2.15. The first-order chi connectivity index (χ1) is 9.16. The summed E-state index contributed by atoms with van der Waals surface area (Å²) in [6, 6.07) is 5.46. The molecule has 1 N–H and O–H groups in total. The number of nitrogens with one attached hydrogen (secondary N) is 1. The van der Waals surface area contributed by atoms with Crippen molar-refractivity contribution in [2.24, 2.45) is 0 Å². The minimum absolute atomic E-state index is 0. The van der Waals surface area contributed by atoms with Gasteiger partial charge in [0.15, 0.2) is 0 Å². The van der Waals surface area contributed by atoms with Crippen LogP contribution in [-0.2, 0) is 10.5 Å². The van der Waals surface area contributed by atoms with Gasteiger partial charge in [0, 0.05) is 42.0 Å². The highest BCUT2D eigenvalue weighted by Crippen LogP contribution is 2.24. The summed E-state index contributed by atoms with van der Waals surface area (Å²) in [4.78, 5) is 13.9. The standard InChI is InChI=1S/C13H16Cl2N2OS.ClH/c14-11-2-1-10(12(15)7-11)8-19-9-13(18)17-5-3-16-4-6-17;/h1-2,7,16H,3-6,8-9H2;1H. The Balaban J connectivity index is 0.00000200. The van der Waals surface area contributed by atoms with Crippen molar-refractivity contribution < 1.29 is 4.79 Å². The molecule has 1 aliphatic heterocycles. The predicted octanol–water partition coefficient (Wildman–Crippen LogP) is 3.08. The molecule has 0 unspecified atom stereocenters. The van der Waals surface area contributed by atoms with Crippen molar-refractivity contribution in [3.8, 4) is 0 Å². The zero-order chi connectivity index (χ0) is 13.7. The average Bonchev–Trinajstić information content (AvgIpc) is 2.42. The summed E-state index contributed by atoms with van der Waals surface area (Å²) in [5, 5.41) is 4.53. The Morgan fingerprint density at radius 2 is 2.00 bits per heavy atom. The van der Waals surface area contributed by atoms with Crippen molar-refractivity contribution in [3.05, 3.63) is 33.8 Å². The fraction of sp³-hybridized carbons (Fsp3) is 0.462. The Labute approximate surface area is 139 Å². The summed E-state index contributed by atoms with van der Waals surface area (Å²) in [6.07, 6.45) is 0. The van der Waals surface area contributed by atoms with E-state index in [-0.39, 0.29) is 18.3 Å². The maximum absolute atomic E-state index is 12.0. The number of rotatable bonds is 4. The zero-order valence-corrected chi connectivity index (χ0v) is 14.0. The number of piperazine rings is 1. The number of carbonyl (C=O) groups excluding carboxylic acids is 1. The number of halogens is 3.